The standard InChI is InChI=1S/C30H36BrN3O4.C26H32BrN3O6S.C25H28BrN3O2.C20H29BrN2O2.C10H9NO3.C2H6OS/c1-30(2,3)38-29(37)33-16-20(13-19-7-6-8-22(31)14-19)21(17-33)18-34(23-11-12-23)28(36)25-15-27(35)32-26-10-5-4-9-24(25)26;1-26(2,3)36-25(31)28-15-19(13-18-7-6-8-21(27)14-18)20(16-28)17-29(22-11-12-22)37(34,35)24-10-5-4-9-23(24)30(32)33;26-19-5-3-4-16(11-19)10-17-13-27-14-18(17)15-29(20-8-9-20)25(31)22-12-24(30)28-23-7-2-1-6-21(22)23;1-20(2,3)25-19(24)23-12-15(9-14-5-4-6-17(21)10-14)16(13-23)11-22-18-7-8-18;12-9-5-7(10(13)14)6-3-1-2-4-8(6)11-9;3-1-2-4/h4-10,14,20-21,23,25H,11-13,15-18H2,1-3H3,(H,32,35);4-10,14,19-20,22H,11-13,15-17H2,1-3H3;1-7,11,17-18,20,22,27H,8-10,12-15H2,(H,28,30);4-6,10,15-16,18,22H,7-9,11-13H2,1-3H3;1-4,7H,5H2,(H,11,12)(H,13,14);3-4H,1-2H2/t20-,21+,25?;19-,20+;17-,18+,22?;15-,16-;;/m1111../s1. The van der Waals surface area contributed by atoms with Crippen molar-refractivity contribution in [3.05, 3.63) is 261 Å². The fourth-order valence-corrected chi connectivity index (χ4v) is 24.4. The quantitative estimate of drug-likeness (QED) is 0.0103. The number of likely N-dealkylation sites (tertiary alicyclic amines) is 3. The van der Waals surface area contributed by atoms with E-state index in [0.717, 1.165) is 130 Å². The number of thiol groups is 1. The molecular formula is C113H140Br4N12O18S2. The van der Waals surface area contributed by atoms with Crippen molar-refractivity contribution < 1.29 is 80.9 Å². The molecule has 8 aromatic rings. The number of nitrogens with one attached hydrogen (secondary N) is 5. The van der Waals surface area contributed by atoms with Crippen molar-refractivity contribution in [2.24, 2.45) is 47.3 Å². The lowest BCUT2D eigenvalue weighted by molar-refractivity contribution is -0.387. The minimum absolute atomic E-state index is 0.0102. The third kappa shape index (κ3) is 33.2. The molecule has 30 nitrogen and oxygen atoms in total. The third-order valence-electron chi connectivity index (χ3n) is 28.4. The Kier molecular flexibility index (Phi) is 39.6. The Morgan fingerprint density at radius 3 is 1.13 bits per heavy atom. The minimum Gasteiger partial charge on any atom is -0.481 e. The number of ether oxygens (including phenoxy) is 3. The SMILES string of the molecule is CC(C)(C)OC(=O)N1C[C@@H](CNC2CC2)[C@H](Cc2cccc(Br)c2)C1.CC(C)(C)OC(=O)N1C[C@@H](Cc2cccc(Br)c2)[C@H](CN(C(=O)C2CC(=O)Nc3ccccc32)C2CC2)C1.CC(C)(C)OC(=O)N1C[C@@H](Cc2cccc(Br)c2)[C@H](CN(C2CC2)S(=O)(=O)c2ccccc2[N+](=O)[O-])C1.O=C1CC(C(=O)N(C[C@@H]2CNC[C@H]2Cc2cccc(Br)c2)C2CC2)c2ccccc2N1.O=C1CC(C(=O)O)c2ccccc2N1.OCCS. The number of sulfonamides is 1. The molecule has 4 saturated carbocycles. The lowest BCUT2D eigenvalue weighted by Gasteiger charge is -2.33. The Morgan fingerprint density at radius 2 is 0.772 bits per heavy atom. The van der Waals surface area contributed by atoms with E-state index in [-0.39, 0.29) is 121 Å². The molecule has 3 unspecified atom stereocenters. The van der Waals surface area contributed by atoms with E-state index in [9.17, 15) is 61.7 Å². The van der Waals surface area contributed by atoms with Crippen molar-refractivity contribution in [2.45, 2.75) is 222 Å². The van der Waals surface area contributed by atoms with E-state index in [4.69, 9.17) is 24.4 Å². The Bertz CT molecular complexity index is 6190. The number of rotatable bonds is 27. The summed E-state index contributed by atoms with van der Waals surface area (Å²) in [5.74, 6) is -0.226. The summed E-state index contributed by atoms with van der Waals surface area (Å²) in [6.45, 7) is 24.9. The number of nitro groups is 1. The van der Waals surface area contributed by atoms with Gasteiger partial charge >= 0.3 is 24.2 Å². The van der Waals surface area contributed by atoms with Gasteiger partial charge in [0.25, 0.3) is 5.69 Å². The molecule has 7 N–H and O–H groups in total. The first-order valence-electron chi connectivity index (χ1n) is 51.7. The summed E-state index contributed by atoms with van der Waals surface area (Å²) in [5, 5.41) is 44.0. The molecule has 4 saturated heterocycles. The van der Waals surface area contributed by atoms with Crippen LogP contribution in [0.2, 0.25) is 0 Å². The summed E-state index contributed by atoms with van der Waals surface area (Å²) in [5.41, 5.74) is 7.46. The van der Waals surface area contributed by atoms with Crippen LogP contribution in [0.3, 0.4) is 0 Å². The molecule has 7 heterocycles. The number of aliphatic carboxylic acids is 1. The number of para-hydroxylation sites is 4. The van der Waals surface area contributed by atoms with Gasteiger partial charge in [0.2, 0.25) is 39.6 Å². The molecule has 8 amide bonds. The number of amides is 8. The van der Waals surface area contributed by atoms with E-state index in [0.29, 0.717) is 105 Å². The van der Waals surface area contributed by atoms with Crippen LogP contribution in [0.15, 0.2) is 217 Å². The molecule has 0 bridgehead atoms. The van der Waals surface area contributed by atoms with Gasteiger partial charge in [-0.05, 0) is 312 Å². The summed E-state index contributed by atoms with van der Waals surface area (Å²) in [4.78, 5) is 133. The van der Waals surface area contributed by atoms with Gasteiger partial charge in [0.15, 0.2) is 4.90 Å². The number of carbonyl (C=O) groups excluding carboxylic acids is 8. The topological polar surface area (TPSA) is 379 Å². The normalized spacial score (nSPS) is 22.2. The predicted octanol–water partition coefficient (Wildman–Crippen LogP) is 20.1. The van der Waals surface area contributed by atoms with E-state index < -0.39 is 61.3 Å². The molecule has 11 atom stereocenters. The number of halogens is 4. The lowest BCUT2D eigenvalue weighted by Crippen LogP contribution is -2.44. The molecule has 11 aliphatic rings. The first-order valence-corrected chi connectivity index (χ1v) is 57.0. The number of nitro benzene ring substituents is 1. The van der Waals surface area contributed by atoms with E-state index >= 15 is 0 Å². The van der Waals surface area contributed by atoms with Crippen molar-refractivity contribution in [1.29, 1.82) is 0 Å². The number of aliphatic hydroxyl groups is 1. The van der Waals surface area contributed by atoms with Gasteiger partial charge in [-0.3, -0.25) is 38.9 Å². The molecule has 4 aliphatic carbocycles. The number of carboxylic acid groups (broad SMARTS) is 1. The summed E-state index contributed by atoms with van der Waals surface area (Å²) in [7, 11) is -4.12. The molecule has 7 aliphatic heterocycles. The van der Waals surface area contributed by atoms with Crippen molar-refractivity contribution in [2.75, 3.05) is 107 Å². The number of fused-ring (bicyclic) bond motifs is 3. The Labute approximate surface area is 913 Å². The molecule has 19 rings (SSSR count). The fraction of sp³-hybridized carbons (Fsp3) is 0.496. The second kappa shape index (κ2) is 51.5. The van der Waals surface area contributed by atoms with Crippen molar-refractivity contribution in [3.8, 4) is 0 Å². The summed E-state index contributed by atoms with van der Waals surface area (Å²) in [6, 6.07) is 62.0. The van der Waals surface area contributed by atoms with E-state index in [1.165, 1.54) is 58.1 Å². The van der Waals surface area contributed by atoms with Gasteiger partial charge in [0, 0.05) is 156 Å². The molecular weight excluding hydrogens is 2200 g/mol. The molecule has 0 aromatic heterocycles. The first kappa shape index (κ1) is 114. The van der Waals surface area contributed by atoms with Crippen molar-refractivity contribution in [3.63, 3.8) is 0 Å². The van der Waals surface area contributed by atoms with Gasteiger partial charge in [-0.15, -0.1) is 0 Å². The lowest BCUT2D eigenvalue weighted by atomic mass is 9.87. The predicted molar refractivity (Wildman–Crippen MR) is 592 cm³/mol. The van der Waals surface area contributed by atoms with Crippen LogP contribution < -0.4 is 26.6 Å². The number of aliphatic hydroxyl groups excluding tert-OH is 1. The highest BCUT2D eigenvalue weighted by atomic mass is 79.9. The maximum Gasteiger partial charge on any atom is 0.410 e. The summed E-state index contributed by atoms with van der Waals surface area (Å²) in [6.07, 6.45) is 11.1. The maximum atomic E-state index is 14.0. The molecule has 0 spiro atoms. The zero-order valence-electron chi connectivity index (χ0n) is 86.1. The number of benzene rings is 8. The van der Waals surface area contributed by atoms with Crippen LogP contribution in [0, 0.1) is 57.5 Å². The van der Waals surface area contributed by atoms with Gasteiger partial charge in [-0.2, -0.15) is 16.9 Å². The second-order valence-electron chi connectivity index (χ2n) is 43.8. The van der Waals surface area contributed by atoms with Crippen LogP contribution in [0.25, 0.3) is 0 Å². The molecule has 8 aromatic carbocycles. The van der Waals surface area contributed by atoms with Gasteiger partial charge in [-0.25, -0.2) is 22.8 Å². The fourth-order valence-electron chi connectivity index (χ4n) is 20.7. The van der Waals surface area contributed by atoms with E-state index in [1.807, 2.05) is 157 Å². The van der Waals surface area contributed by atoms with Gasteiger partial charge in [0.1, 0.15) is 16.8 Å². The number of carboxylic acids is 1. The van der Waals surface area contributed by atoms with Crippen molar-refractivity contribution in [1.82, 2.24) is 39.4 Å². The molecule has 149 heavy (non-hydrogen) atoms. The van der Waals surface area contributed by atoms with E-state index in [2.05, 4.69) is 168 Å². The van der Waals surface area contributed by atoms with Crippen molar-refractivity contribution >= 4 is 163 Å². The largest absolute Gasteiger partial charge is 0.481 e. The summed E-state index contributed by atoms with van der Waals surface area (Å²) < 4.78 is 50.0. The second-order valence-corrected chi connectivity index (χ2v) is 49.8. The smallest absolute Gasteiger partial charge is 0.410 e. The van der Waals surface area contributed by atoms with Crippen LogP contribution in [-0.4, -0.2) is 238 Å². The van der Waals surface area contributed by atoms with Crippen LogP contribution >= 0.6 is 76.3 Å². The van der Waals surface area contributed by atoms with Crippen LogP contribution in [0.5, 0.6) is 0 Å². The first-order chi connectivity index (χ1) is 70.9. The van der Waals surface area contributed by atoms with Gasteiger partial charge < -0.3 is 75.5 Å². The molecule has 0 radical (unpaired) electrons. The number of nitrogens with zero attached hydrogens (tertiary/aromatic N) is 7. The van der Waals surface area contributed by atoms with Crippen LogP contribution in [0.4, 0.5) is 37.1 Å². The Morgan fingerprint density at radius 1 is 0.443 bits per heavy atom. The van der Waals surface area contributed by atoms with Gasteiger partial charge in [-0.1, -0.05) is 179 Å². The molecule has 8 fully saturated rings. The monoisotopic (exact) mass is 2330 g/mol. The molecule has 800 valence electrons. The zero-order chi connectivity index (χ0) is 107. The summed E-state index contributed by atoms with van der Waals surface area (Å²) >= 11 is 17.9. The Hall–Kier alpha value is -10.2. The highest BCUT2D eigenvalue weighted by molar-refractivity contribution is 9.11. The zero-order valence-corrected chi connectivity index (χ0v) is 94.1. The number of hydrogen-bond donors (Lipinski definition) is 8. The minimum atomic E-state index is -4.12. The van der Waals surface area contributed by atoms with Gasteiger partial charge in [0.05, 0.1) is 29.3 Å². The average molecular weight is 2340 g/mol. The Balaban J connectivity index is 0.000000149. The maximum absolute atomic E-state index is 14.0. The highest BCUT2D eigenvalue weighted by Gasteiger charge is 2.50. The van der Waals surface area contributed by atoms with E-state index in [1.54, 1.807) is 34.1 Å². The van der Waals surface area contributed by atoms with Crippen LogP contribution in [0.1, 0.15) is 190 Å². The highest BCUT2D eigenvalue weighted by Crippen LogP contribution is 2.45. The number of carbonyl (C=O) groups is 9. The molecule has 36 heteroatoms. The number of anilines is 3. The van der Waals surface area contributed by atoms with Crippen LogP contribution in [-0.2, 0) is 78.7 Å². The third-order valence-corrected chi connectivity index (χ3v) is 32.5. The average Bonchev–Trinajstić information content (AvgIpc) is 1.64. The number of hydrogen-bond acceptors (Lipinski definition) is 20.